The average Bonchev–Trinajstić information content (AvgIpc) is 2.45. The van der Waals surface area contributed by atoms with Gasteiger partial charge in [-0.05, 0) is 38.5 Å². The van der Waals surface area contributed by atoms with E-state index in [0.29, 0.717) is 16.2 Å². The van der Waals surface area contributed by atoms with Crippen molar-refractivity contribution in [2.24, 2.45) is 5.41 Å². The Morgan fingerprint density at radius 3 is 2.71 bits per heavy atom. The van der Waals surface area contributed by atoms with Gasteiger partial charge in [0.1, 0.15) is 6.33 Å². The molecule has 0 unspecified atom stereocenters. The molecule has 0 aliphatic carbocycles. The molecular formula is C15H17BrN2O3. The van der Waals surface area contributed by atoms with Crippen molar-refractivity contribution in [3.05, 3.63) is 40.4 Å². The number of aromatic nitrogens is 2. The van der Waals surface area contributed by atoms with E-state index in [4.69, 9.17) is 4.74 Å². The molecule has 0 amide bonds. The van der Waals surface area contributed by atoms with Gasteiger partial charge in [0.2, 0.25) is 0 Å². The summed E-state index contributed by atoms with van der Waals surface area (Å²) in [7, 11) is 0. The summed E-state index contributed by atoms with van der Waals surface area (Å²) >= 11 is 3.36. The number of rotatable bonds is 3. The van der Waals surface area contributed by atoms with Crippen LogP contribution in [0.15, 0.2) is 29.3 Å². The fourth-order valence-corrected chi connectivity index (χ4v) is 2.07. The van der Waals surface area contributed by atoms with Crippen LogP contribution in [0, 0.1) is 5.41 Å². The molecule has 0 saturated carbocycles. The molecule has 0 aliphatic heterocycles. The van der Waals surface area contributed by atoms with Crippen molar-refractivity contribution in [1.82, 2.24) is 9.55 Å². The highest BCUT2D eigenvalue weighted by atomic mass is 79.9. The number of esters is 1. The molecule has 1 aromatic heterocycles. The number of hydrogen-bond donors (Lipinski definition) is 0. The summed E-state index contributed by atoms with van der Waals surface area (Å²) in [5.41, 5.74) is 0.801. The number of alkyl halides is 1. The van der Waals surface area contributed by atoms with Gasteiger partial charge in [-0.15, -0.1) is 0 Å². The minimum absolute atomic E-state index is 0.129. The molecule has 0 fully saturated rings. The zero-order chi connectivity index (χ0) is 15.6. The largest absolute Gasteiger partial charge is 0.443 e. The Labute approximate surface area is 131 Å². The fraction of sp³-hybridized carbons (Fsp3) is 0.400. The minimum atomic E-state index is -0.600. The Hall–Kier alpha value is -1.69. The summed E-state index contributed by atoms with van der Waals surface area (Å²) in [5, 5.41) is 1.18. The number of carbonyl (C=O) groups is 1. The van der Waals surface area contributed by atoms with E-state index in [1.807, 2.05) is 6.07 Å². The van der Waals surface area contributed by atoms with Crippen LogP contribution in [-0.4, -0.2) is 15.5 Å². The van der Waals surface area contributed by atoms with Gasteiger partial charge in [0.05, 0.1) is 16.3 Å². The van der Waals surface area contributed by atoms with Crippen LogP contribution in [0.1, 0.15) is 26.3 Å². The van der Waals surface area contributed by atoms with E-state index in [-0.39, 0.29) is 18.3 Å². The van der Waals surface area contributed by atoms with Crippen LogP contribution in [0.2, 0.25) is 0 Å². The van der Waals surface area contributed by atoms with Crippen molar-refractivity contribution in [2.75, 3.05) is 0 Å². The summed E-state index contributed by atoms with van der Waals surface area (Å²) in [6, 6.07) is 5.51. The van der Waals surface area contributed by atoms with Crippen LogP contribution in [-0.2, 0) is 21.6 Å². The smallest absolute Gasteiger partial charge is 0.312 e. The van der Waals surface area contributed by atoms with Gasteiger partial charge in [-0.25, -0.2) is 4.98 Å². The lowest BCUT2D eigenvalue weighted by molar-refractivity contribution is -0.157. The van der Waals surface area contributed by atoms with Crippen LogP contribution in [0.5, 0.6) is 0 Å². The average molecular weight is 353 g/mol. The number of halogens is 1. The first-order valence-corrected chi connectivity index (χ1v) is 7.66. The Balaban J connectivity index is 2.31. The number of benzene rings is 1. The van der Waals surface area contributed by atoms with E-state index >= 15 is 0 Å². The molecule has 0 radical (unpaired) electrons. The van der Waals surface area contributed by atoms with Crippen molar-refractivity contribution in [1.29, 1.82) is 0 Å². The van der Waals surface area contributed by atoms with Crippen LogP contribution in [0.3, 0.4) is 0 Å². The number of ether oxygens (including phenoxy) is 1. The van der Waals surface area contributed by atoms with E-state index in [9.17, 15) is 9.59 Å². The Morgan fingerprint density at radius 1 is 1.38 bits per heavy atom. The van der Waals surface area contributed by atoms with E-state index in [1.165, 1.54) is 10.9 Å². The highest BCUT2D eigenvalue weighted by Crippen LogP contribution is 2.16. The molecule has 0 aliphatic rings. The third-order valence-corrected chi connectivity index (χ3v) is 3.64. The van der Waals surface area contributed by atoms with Gasteiger partial charge in [-0.1, -0.05) is 22.0 Å². The van der Waals surface area contributed by atoms with Gasteiger partial charge in [0.15, 0.2) is 6.73 Å². The summed E-state index contributed by atoms with van der Waals surface area (Å²) < 4.78 is 6.45. The van der Waals surface area contributed by atoms with Gasteiger partial charge in [0, 0.05) is 5.33 Å². The predicted molar refractivity (Wildman–Crippen MR) is 84.2 cm³/mol. The molecule has 2 aromatic rings. The maximum atomic E-state index is 12.4. The molecule has 21 heavy (non-hydrogen) atoms. The SMILES string of the molecule is CC(C)(C)C(=O)OCn1cnc2ccc(CBr)cc2c1=O. The van der Waals surface area contributed by atoms with Gasteiger partial charge in [0.25, 0.3) is 5.56 Å². The normalized spacial score (nSPS) is 11.6. The van der Waals surface area contributed by atoms with Crippen LogP contribution >= 0.6 is 15.9 Å². The van der Waals surface area contributed by atoms with E-state index in [2.05, 4.69) is 20.9 Å². The third-order valence-electron chi connectivity index (χ3n) is 2.99. The van der Waals surface area contributed by atoms with Gasteiger partial charge >= 0.3 is 5.97 Å². The number of fused-ring (bicyclic) bond motifs is 1. The lowest BCUT2D eigenvalue weighted by Crippen LogP contribution is -2.28. The molecule has 0 spiro atoms. The lowest BCUT2D eigenvalue weighted by Gasteiger charge is -2.17. The van der Waals surface area contributed by atoms with Gasteiger partial charge < -0.3 is 4.74 Å². The molecule has 5 nitrogen and oxygen atoms in total. The molecule has 112 valence electrons. The van der Waals surface area contributed by atoms with Gasteiger partial charge in [-0.2, -0.15) is 0 Å². The molecule has 0 saturated heterocycles. The second-order valence-electron chi connectivity index (χ2n) is 5.82. The number of hydrogen-bond acceptors (Lipinski definition) is 4. The Kier molecular flexibility index (Phi) is 4.46. The second-order valence-corrected chi connectivity index (χ2v) is 6.38. The number of carbonyl (C=O) groups excluding carboxylic acids is 1. The van der Waals surface area contributed by atoms with Gasteiger partial charge in [-0.3, -0.25) is 14.2 Å². The first kappa shape index (κ1) is 15.7. The van der Waals surface area contributed by atoms with Crippen molar-refractivity contribution < 1.29 is 9.53 Å². The maximum Gasteiger partial charge on any atom is 0.312 e. The standard InChI is InChI=1S/C15H17BrN2O3/c1-15(2,3)14(20)21-9-18-8-17-12-5-4-10(7-16)6-11(12)13(18)19/h4-6,8H,7,9H2,1-3H3. The molecule has 2 rings (SSSR count). The van der Waals surface area contributed by atoms with E-state index in [1.54, 1.807) is 32.9 Å². The van der Waals surface area contributed by atoms with Crippen LogP contribution in [0.4, 0.5) is 0 Å². The Bertz CT molecular complexity index is 732. The van der Waals surface area contributed by atoms with Crippen molar-refractivity contribution in [3.8, 4) is 0 Å². The quantitative estimate of drug-likeness (QED) is 0.629. The maximum absolute atomic E-state index is 12.4. The van der Waals surface area contributed by atoms with Crippen molar-refractivity contribution in [3.63, 3.8) is 0 Å². The summed E-state index contributed by atoms with van der Waals surface area (Å²) in [5.74, 6) is -0.358. The zero-order valence-corrected chi connectivity index (χ0v) is 13.8. The molecule has 1 aromatic carbocycles. The third kappa shape index (κ3) is 3.50. The zero-order valence-electron chi connectivity index (χ0n) is 12.2. The Morgan fingerprint density at radius 2 is 2.10 bits per heavy atom. The monoisotopic (exact) mass is 352 g/mol. The summed E-state index contributed by atoms with van der Waals surface area (Å²) in [6.07, 6.45) is 1.40. The molecule has 0 atom stereocenters. The molecule has 6 heteroatoms. The number of nitrogens with zero attached hydrogens (tertiary/aromatic N) is 2. The predicted octanol–water partition coefficient (Wildman–Crippen LogP) is 2.84. The molecular weight excluding hydrogens is 336 g/mol. The lowest BCUT2D eigenvalue weighted by atomic mass is 9.98. The van der Waals surface area contributed by atoms with E-state index in [0.717, 1.165) is 5.56 Å². The minimum Gasteiger partial charge on any atom is -0.443 e. The molecule has 1 heterocycles. The summed E-state index contributed by atoms with van der Waals surface area (Å²) in [6.45, 7) is 5.16. The highest BCUT2D eigenvalue weighted by Gasteiger charge is 2.23. The first-order valence-electron chi connectivity index (χ1n) is 6.54. The van der Waals surface area contributed by atoms with E-state index < -0.39 is 5.41 Å². The fourth-order valence-electron chi connectivity index (χ4n) is 1.73. The van der Waals surface area contributed by atoms with Crippen molar-refractivity contribution in [2.45, 2.75) is 32.8 Å². The second kappa shape index (κ2) is 5.97. The van der Waals surface area contributed by atoms with Crippen molar-refractivity contribution >= 4 is 32.8 Å². The molecule has 0 bridgehead atoms. The summed E-state index contributed by atoms with van der Waals surface area (Å²) in [4.78, 5) is 28.3. The molecule has 0 N–H and O–H groups in total. The van der Waals surface area contributed by atoms with Crippen LogP contribution in [0.25, 0.3) is 10.9 Å². The first-order chi connectivity index (χ1) is 9.82. The van der Waals surface area contributed by atoms with Crippen LogP contribution < -0.4 is 5.56 Å². The topological polar surface area (TPSA) is 61.2 Å². The highest BCUT2D eigenvalue weighted by molar-refractivity contribution is 9.08.